The lowest BCUT2D eigenvalue weighted by molar-refractivity contribution is 0.0275. The third-order valence-electron chi connectivity index (χ3n) is 4.56. The first-order valence-corrected chi connectivity index (χ1v) is 8.33. The summed E-state index contributed by atoms with van der Waals surface area (Å²) in [5, 5.41) is 3.70. The van der Waals surface area contributed by atoms with E-state index in [4.69, 9.17) is 4.74 Å². The van der Waals surface area contributed by atoms with Gasteiger partial charge in [-0.2, -0.15) is 0 Å². The number of rotatable bonds is 7. The average molecular weight is 290 g/mol. The lowest BCUT2D eigenvalue weighted by Gasteiger charge is -2.44. The Morgan fingerprint density at radius 3 is 2.67 bits per heavy atom. The summed E-state index contributed by atoms with van der Waals surface area (Å²) >= 11 is 0. The van der Waals surface area contributed by atoms with Gasteiger partial charge in [-0.1, -0.05) is 50.6 Å². The van der Waals surface area contributed by atoms with Crippen LogP contribution >= 0.6 is 0 Å². The van der Waals surface area contributed by atoms with Crippen LogP contribution in [0.15, 0.2) is 30.3 Å². The molecule has 1 aliphatic rings. The molecule has 3 atom stereocenters. The van der Waals surface area contributed by atoms with Gasteiger partial charge in [0.2, 0.25) is 0 Å². The van der Waals surface area contributed by atoms with E-state index in [0.717, 1.165) is 19.7 Å². The molecule has 1 N–H and O–H groups in total. The molecule has 118 valence electrons. The zero-order valence-electron chi connectivity index (χ0n) is 13.7. The molecule has 1 aromatic carbocycles. The molecule has 0 amide bonds. The first-order chi connectivity index (χ1) is 10.3. The van der Waals surface area contributed by atoms with Gasteiger partial charge in [-0.15, -0.1) is 0 Å². The highest BCUT2D eigenvalue weighted by molar-refractivity contribution is 5.20. The van der Waals surface area contributed by atoms with Gasteiger partial charge in [0.05, 0.1) is 6.61 Å². The number of hydrogen-bond acceptors (Lipinski definition) is 3. The number of methoxy groups -OCH3 is 1. The number of piperazine rings is 1. The summed E-state index contributed by atoms with van der Waals surface area (Å²) in [4.78, 5) is 2.67. The first-order valence-electron chi connectivity index (χ1n) is 8.33. The second kappa shape index (κ2) is 8.52. The van der Waals surface area contributed by atoms with Crippen LogP contribution in [-0.2, 0) is 4.74 Å². The van der Waals surface area contributed by atoms with E-state index in [9.17, 15) is 0 Å². The van der Waals surface area contributed by atoms with E-state index >= 15 is 0 Å². The van der Waals surface area contributed by atoms with Crippen molar-refractivity contribution in [1.82, 2.24) is 10.2 Å². The van der Waals surface area contributed by atoms with Crippen LogP contribution in [0.2, 0.25) is 0 Å². The maximum atomic E-state index is 5.50. The van der Waals surface area contributed by atoms with Crippen LogP contribution in [0, 0.1) is 0 Å². The predicted molar refractivity (Wildman–Crippen MR) is 88.5 cm³/mol. The lowest BCUT2D eigenvalue weighted by Crippen LogP contribution is -2.56. The average Bonchev–Trinajstić information content (AvgIpc) is 2.55. The topological polar surface area (TPSA) is 24.5 Å². The van der Waals surface area contributed by atoms with Gasteiger partial charge in [-0.25, -0.2) is 0 Å². The van der Waals surface area contributed by atoms with E-state index in [1.165, 1.54) is 24.8 Å². The van der Waals surface area contributed by atoms with Crippen molar-refractivity contribution in [3.8, 4) is 0 Å². The largest absolute Gasteiger partial charge is 0.383 e. The molecule has 3 heteroatoms. The van der Waals surface area contributed by atoms with Crippen molar-refractivity contribution in [2.45, 2.75) is 51.2 Å². The molecular formula is C18H30N2O. The zero-order valence-corrected chi connectivity index (χ0v) is 13.7. The number of nitrogens with one attached hydrogen (secondary N) is 1. The molecule has 21 heavy (non-hydrogen) atoms. The molecule has 1 aromatic rings. The Bertz CT molecular complexity index is 389. The molecule has 0 saturated carbocycles. The lowest BCUT2D eigenvalue weighted by atomic mass is 9.96. The van der Waals surface area contributed by atoms with E-state index in [-0.39, 0.29) is 0 Å². The summed E-state index contributed by atoms with van der Waals surface area (Å²) in [7, 11) is 1.82. The van der Waals surface area contributed by atoms with Crippen LogP contribution in [0.25, 0.3) is 0 Å². The van der Waals surface area contributed by atoms with E-state index in [1.807, 2.05) is 7.11 Å². The van der Waals surface area contributed by atoms with Gasteiger partial charge in [0.25, 0.3) is 0 Å². The van der Waals surface area contributed by atoms with Crippen LogP contribution in [0.1, 0.15) is 44.7 Å². The molecule has 3 nitrogen and oxygen atoms in total. The summed E-state index contributed by atoms with van der Waals surface area (Å²) in [6.07, 6.45) is 3.59. The minimum Gasteiger partial charge on any atom is -0.383 e. The Morgan fingerprint density at radius 1 is 1.29 bits per heavy atom. The van der Waals surface area contributed by atoms with Gasteiger partial charge in [-0.3, -0.25) is 4.90 Å². The maximum Gasteiger partial charge on any atom is 0.0618 e. The summed E-state index contributed by atoms with van der Waals surface area (Å²) in [6.45, 7) is 7.51. The van der Waals surface area contributed by atoms with E-state index in [0.29, 0.717) is 18.1 Å². The highest BCUT2D eigenvalue weighted by atomic mass is 16.5. The molecule has 0 spiro atoms. The number of hydrogen-bond donors (Lipinski definition) is 1. The van der Waals surface area contributed by atoms with Crippen molar-refractivity contribution in [2.75, 3.05) is 26.8 Å². The Kier molecular flexibility index (Phi) is 6.68. The van der Waals surface area contributed by atoms with Crippen LogP contribution in [0.4, 0.5) is 0 Å². The molecule has 1 aliphatic heterocycles. The fourth-order valence-corrected chi connectivity index (χ4v) is 3.37. The molecule has 2 rings (SSSR count). The SMILES string of the molecule is CCCC(COC)N1CC(CC)NCC1c1ccccc1. The van der Waals surface area contributed by atoms with Gasteiger partial charge in [0.15, 0.2) is 0 Å². The van der Waals surface area contributed by atoms with Crippen molar-refractivity contribution >= 4 is 0 Å². The van der Waals surface area contributed by atoms with Crippen molar-refractivity contribution in [2.24, 2.45) is 0 Å². The smallest absolute Gasteiger partial charge is 0.0618 e. The first kappa shape index (κ1) is 16.5. The fraction of sp³-hybridized carbons (Fsp3) is 0.667. The van der Waals surface area contributed by atoms with Gasteiger partial charge >= 0.3 is 0 Å². The summed E-state index contributed by atoms with van der Waals surface area (Å²) < 4.78 is 5.50. The monoisotopic (exact) mass is 290 g/mol. The van der Waals surface area contributed by atoms with Crippen LogP contribution < -0.4 is 5.32 Å². The number of nitrogens with zero attached hydrogens (tertiary/aromatic N) is 1. The Morgan fingerprint density at radius 2 is 2.05 bits per heavy atom. The minimum atomic E-state index is 0.459. The van der Waals surface area contributed by atoms with Crippen LogP contribution in [0.5, 0.6) is 0 Å². The second-order valence-corrected chi connectivity index (χ2v) is 6.03. The molecule has 0 bridgehead atoms. The Hall–Kier alpha value is -0.900. The number of benzene rings is 1. The Balaban J connectivity index is 2.19. The quantitative estimate of drug-likeness (QED) is 0.834. The van der Waals surface area contributed by atoms with Gasteiger partial charge < -0.3 is 10.1 Å². The van der Waals surface area contributed by atoms with Crippen molar-refractivity contribution in [3.05, 3.63) is 35.9 Å². The summed E-state index contributed by atoms with van der Waals surface area (Å²) in [6, 6.07) is 12.5. The third-order valence-corrected chi connectivity index (χ3v) is 4.56. The molecule has 1 fully saturated rings. The van der Waals surface area contributed by atoms with Gasteiger partial charge in [0, 0.05) is 38.3 Å². The molecule has 0 aromatic heterocycles. The fourth-order valence-electron chi connectivity index (χ4n) is 3.37. The van der Waals surface area contributed by atoms with E-state index < -0.39 is 0 Å². The molecule has 0 aliphatic carbocycles. The van der Waals surface area contributed by atoms with Crippen molar-refractivity contribution < 1.29 is 4.74 Å². The highest BCUT2D eigenvalue weighted by Gasteiger charge is 2.32. The minimum absolute atomic E-state index is 0.459. The summed E-state index contributed by atoms with van der Waals surface area (Å²) in [5.41, 5.74) is 1.41. The molecule has 3 unspecified atom stereocenters. The number of ether oxygens (including phenoxy) is 1. The van der Waals surface area contributed by atoms with Crippen molar-refractivity contribution in [3.63, 3.8) is 0 Å². The Labute approximate surface area is 129 Å². The second-order valence-electron chi connectivity index (χ2n) is 6.03. The highest BCUT2D eigenvalue weighted by Crippen LogP contribution is 2.28. The summed E-state index contributed by atoms with van der Waals surface area (Å²) in [5.74, 6) is 0. The van der Waals surface area contributed by atoms with Gasteiger partial charge in [-0.05, 0) is 18.4 Å². The molecular weight excluding hydrogens is 260 g/mol. The predicted octanol–water partition coefficient (Wildman–Crippen LogP) is 3.23. The normalized spacial score (nSPS) is 24.9. The van der Waals surface area contributed by atoms with E-state index in [2.05, 4.69) is 54.4 Å². The maximum absolute atomic E-state index is 5.50. The van der Waals surface area contributed by atoms with E-state index in [1.54, 1.807) is 0 Å². The standard InChI is InChI=1S/C18H30N2O/c1-4-9-17(14-21-3)20-13-16(5-2)19-12-18(20)15-10-7-6-8-11-15/h6-8,10-11,16-19H,4-5,9,12-14H2,1-3H3. The molecule has 0 radical (unpaired) electrons. The van der Waals surface area contributed by atoms with Crippen LogP contribution in [0.3, 0.4) is 0 Å². The molecule has 1 saturated heterocycles. The molecule has 1 heterocycles. The van der Waals surface area contributed by atoms with Gasteiger partial charge in [0.1, 0.15) is 0 Å². The zero-order chi connectivity index (χ0) is 15.1. The van der Waals surface area contributed by atoms with Crippen LogP contribution in [-0.4, -0.2) is 43.8 Å². The third kappa shape index (κ3) is 4.29. The van der Waals surface area contributed by atoms with Crippen molar-refractivity contribution in [1.29, 1.82) is 0 Å².